The van der Waals surface area contributed by atoms with Crippen molar-refractivity contribution in [1.29, 1.82) is 0 Å². The molecular weight excluding hydrogens is 352 g/mol. The Morgan fingerprint density at radius 1 is 1.18 bits per heavy atom. The van der Waals surface area contributed by atoms with Crippen molar-refractivity contribution >= 4 is 12.0 Å². The monoisotopic (exact) mass is 384 g/mol. The molecule has 2 saturated carbocycles. The van der Waals surface area contributed by atoms with Gasteiger partial charge < -0.3 is 14.9 Å². The maximum absolute atomic E-state index is 12.0. The molecule has 4 nitrogen and oxygen atoms in total. The second-order valence-electron chi connectivity index (χ2n) is 8.99. The first-order chi connectivity index (χ1) is 13.2. The summed E-state index contributed by atoms with van der Waals surface area (Å²) in [5.41, 5.74) is 2.75. The van der Waals surface area contributed by atoms with Crippen LogP contribution in [0.4, 0.5) is 0 Å². The van der Waals surface area contributed by atoms with E-state index in [1.807, 2.05) is 0 Å². The van der Waals surface area contributed by atoms with Gasteiger partial charge in [0.05, 0.1) is 0 Å². The molecule has 0 spiro atoms. The molecule has 0 saturated heterocycles. The summed E-state index contributed by atoms with van der Waals surface area (Å²) < 4.78 is 5.35. The number of phenols is 2. The lowest BCUT2D eigenvalue weighted by atomic mass is 9.52. The van der Waals surface area contributed by atoms with Gasteiger partial charge in [-0.15, -0.1) is 0 Å². The normalized spacial score (nSPS) is 33.9. The second-order valence-corrected chi connectivity index (χ2v) is 8.99. The van der Waals surface area contributed by atoms with Crippen molar-refractivity contribution in [3.63, 3.8) is 0 Å². The van der Waals surface area contributed by atoms with Crippen molar-refractivity contribution < 1.29 is 19.7 Å². The molecule has 2 fully saturated rings. The molecule has 1 aromatic rings. The molecule has 2 N–H and O–H groups in total. The Hall–Kier alpha value is -2.23. The molecule has 0 bridgehead atoms. The van der Waals surface area contributed by atoms with E-state index in [-0.39, 0.29) is 18.1 Å². The van der Waals surface area contributed by atoms with Crippen LogP contribution in [-0.2, 0) is 9.53 Å². The van der Waals surface area contributed by atoms with E-state index in [1.165, 1.54) is 43.0 Å². The van der Waals surface area contributed by atoms with Crippen molar-refractivity contribution in [2.75, 3.05) is 6.61 Å². The minimum absolute atomic E-state index is 0.186. The van der Waals surface area contributed by atoms with Crippen LogP contribution in [0.25, 0.3) is 6.08 Å². The Morgan fingerprint density at radius 2 is 1.93 bits per heavy atom. The molecular formula is C24H32O4. The van der Waals surface area contributed by atoms with E-state index in [1.54, 1.807) is 12.1 Å². The van der Waals surface area contributed by atoms with E-state index in [9.17, 15) is 15.0 Å². The Balaban J connectivity index is 1.58. The molecule has 2 aliphatic rings. The van der Waals surface area contributed by atoms with E-state index in [0.29, 0.717) is 22.3 Å². The molecule has 0 amide bonds. The summed E-state index contributed by atoms with van der Waals surface area (Å²) in [5.74, 6) is 0.454. The number of fused-ring (bicyclic) bond motifs is 1. The average molecular weight is 385 g/mol. The summed E-state index contributed by atoms with van der Waals surface area (Å²) in [6, 6.07) is 4.39. The number of aromatic hydroxyl groups is 2. The highest BCUT2D eigenvalue weighted by Crippen LogP contribution is 2.66. The van der Waals surface area contributed by atoms with Crippen LogP contribution in [0.1, 0.15) is 58.9 Å². The number of benzene rings is 1. The molecule has 0 aliphatic heterocycles. The zero-order valence-electron chi connectivity index (χ0n) is 17.4. The zero-order valence-corrected chi connectivity index (χ0v) is 17.4. The lowest BCUT2D eigenvalue weighted by molar-refractivity contribution is -0.136. The molecule has 4 atom stereocenters. The van der Waals surface area contributed by atoms with Crippen LogP contribution < -0.4 is 0 Å². The minimum atomic E-state index is -0.418. The Morgan fingerprint density at radius 3 is 2.64 bits per heavy atom. The quantitative estimate of drug-likeness (QED) is 0.313. The summed E-state index contributed by atoms with van der Waals surface area (Å²) in [4.78, 5) is 12.0. The van der Waals surface area contributed by atoms with Gasteiger partial charge in [0.1, 0.15) is 6.61 Å². The Kier molecular flexibility index (Phi) is 5.60. The van der Waals surface area contributed by atoms with Crippen LogP contribution in [-0.4, -0.2) is 22.8 Å². The largest absolute Gasteiger partial charge is 0.504 e. The fourth-order valence-corrected chi connectivity index (χ4v) is 5.32. The van der Waals surface area contributed by atoms with Gasteiger partial charge in [0.2, 0.25) is 0 Å². The number of ether oxygens (including phenoxy) is 1. The maximum Gasteiger partial charge on any atom is 0.331 e. The molecule has 28 heavy (non-hydrogen) atoms. The predicted octanol–water partition coefficient (Wildman–Crippen LogP) is 5.45. The zero-order chi connectivity index (χ0) is 20.5. The third-order valence-corrected chi connectivity index (χ3v) is 7.92. The van der Waals surface area contributed by atoms with E-state index < -0.39 is 5.97 Å². The molecule has 0 heterocycles. The molecule has 4 unspecified atom stereocenters. The summed E-state index contributed by atoms with van der Waals surface area (Å²) in [5, 5.41) is 18.8. The summed E-state index contributed by atoms with van der Waals surface area (Å²) in [6.45, 7) is 9.92. The first-order valence-electron chi connectivity index (χ1n) is 10.2. The van der Waals surface area contributed by atoms with E-state index in [0.717, 1.165) is 12.3 Å². The highest BCUT2D eigenvalue weighted by molar-refractivity contribution is 5.87. The number of hydrogen-bond donors (Lipinski definition) is 2. The number of carbonyl (C=O) groups is 1. The van der Waals surface area contributed by atoms with Crippen molar-refractivity contribution in [3.8, 4) is 11.5 Å². The lowest BCUT2D eigenvalue weighted by Crippen LogP contribution is -2.45. The number of carbonyl (C=O) groups excluding carboxylic acids is 1. The molecule has 0 radical (unpaired) electrons. The number of phenolic OH excluding ortho intramolecular Hbond substituents is 2. The summed E-state index contributed by atoms with van der Waals surface area (Å²) in [6.07, 6.45) is 9.85. The molecule has 1 aromatic carbocycles. The summed E-state index contributed by atoms with van der Waals surface area (Å²) >= 11 is 0. The highest BCUT2D eigenvalue weighted by atomic mass is 16.5. The predicted molar refractivity (Wildman–Crippen MR) is 111 cm³/mol. The van der Waals surface area contributed by atoms with Crippen molar-refractivity contribution in [2.24, 2.45) is 22.7 Å². The molecule has 3 rings (SSSR count). The third-order valence-electron chi connectivity index (χ3n) is 7.92. The van der Waals surface area contributed by atoms with Crippen LogP contribution in [0, 0.1) is 22.7 Å². The van der Waals surface area contributed by atoms with Crippen molar-refractivity contribution in [2.45, 2.75) is 53.4 Å². The number of allylic oxidation sites excluding steroid dienone is 1. The van der Waals surface area contributed by atoms with Gasteiger partial charge in [0.25, 0.3) is 0 Å². The standard InChI is InChI=1S/C24H32O4/c1-16-9-12-24(4)17(2)19(10-13-23(16,24)3)11-14-28-22(27)8-6-18-5-7-20(25)21(26)15-18/h5-8,11,15-17,25-26H,9-10,12-14H2,1-4H3. The first-order valence-corrected chi connectivity index (χ1v) is 10.2. The van der Waals surface area contributed by atoms with Gasteiger partial charge in [0.15, 0.2) is 11.5 Å². The topological polar surface area (TPSA) is 66.8 Å². The third kappa shape index (κ3) is 3.57. The van der Waals surface area contributed by atoms with Gasteiger partial charge in [-0.25, -0.2) is 4.79 Å². The lowest BCUT2D eigenvalue weighted by Gasteiger charge is -2.53. The molecule has 0 aromatic heterocycles. The highest BCUT2D eigenvalue weighted by Gasteiger charge is 2.57. The number of esters is 1. The fraction of sp³-hybridized carbons (Fsp3) is 0.542. The van der Waals surface area contributed by atoms with Crippen LogP contribution >= 0.6 is 0 Å². The van der Waals surface area contributed by atoms with Crippen LogP contribution in [0.15, 0.2) is 35.9 Å². The van der Waals surface area contributed by atoms with Crippen molar-refractivity contribution in [3.05, 3.63) is 41.5 Å². The van der Waals surface area contributed by atoms with Gasteiger partial charge in [-0.3, -0.25) is 0 Å². The van der Waals surface area contributed by atoms with E-state index in [4.69, 9.17) is 4.74 Å². The fourth-order valence-electron chi connectivity index (χ4n) is 5.32. The van der Waals surface area contributed by atoms with Crippen molar-refractivity contribution in [1.82, 2.24) is 0 Å². The Bertz CT molecular complexity index is 809. The van der Waals surface area contributed by atoms with Gasteiger partial charge in [0, 0.05) is 6.08 Å². The minimum Gasteiger partial charge on any atom is -0.504 e. The maximum atomic E-state index is 12.0. The van der Waals surface area contributed by atoms with Crippen LogP contribution in [0.5, 0.6) is 11.5 Å². The van der Waals surface area contributed by atoms with E-state index >= 15 is 0 Å². The van der Waals surface area contributed by atoms with Gasteiger partial charge in [-0.05, 0) is 78.2 Å². The molecule has 2 aliphatic carbocycles. The smallest absolute Gasteiger partial charge is 0.331 e. The van der Waals surface area contributed by atoms with E-state index in [2.05, 4.69) is 33.8 Å². The average Bonchev–Trinajstić information content (AvgIpc) is 2.90. The van der Waals surface area contributed by atoms with Gasteiger partial charge in [-0.1, -0.05) is 39.3 Å². The first kappa shape index (κ1) is 20.5. The summed E-state index contributed by atoms with van der Waals surface area (Å²) in [7, 11) is 0. The van der Waals surface area contributed by atoms with Gasteiger partial charge in [-0.2, -0.15) is 0 Å². The number of rotatable bonds is 4. The number of hydrogen-bond acceptors (Lipinski definition) is 4. The van der Waals surface area contributed by atoms with Gasteiger partial charge >= 0.3 is 5.97 Å². The Labute approximate surface area is 167 Å². The molecule has 4 heteroatoms. The SMILES string of the molecule is CC1CCC2(C)C(C)C(=CCOC(=O)C=Cc3ccc(O)c(O)c3)CCC12C. The second kappa shape index (κ2) is 7.65. The van der Waals surface area contributed by atoms with Crippen LogP contribution in [0.2, 0.25) is 0 Å². The van der Waals surface area contributed by atoms with Crippen LogP contribution in [0.3, 0.4) is 0 Å². The molecule has 152 valence electrons.